The van der Waals surface area contributed by atoms with Crippen molar-refractivity contribution in [2.75, 3.05) is 26.3 Å². The third kappa shape index (κ3) is 2.64. The standard InChI is InChI=1S/C12H23N3O3/c1-11(2,3)12(4)9(16)15(10(17)14-12)6-8-18-7-5-13/h5-8,13H2,1-4H3,(H,14,17). The van der Waals surface area contributed by atoms with E-state index in [0.717, 1.165) is 0 Å². The second-order valence-corrected chi connectivity index (χ2v) is 5.66. The summed E-state index contributed by atoms with van der Waals surface area (Å²) in [6, 6.07) is -0.353. The van der Waals surface area contributed by atoms with Gasteiger partial charge in [0.25, 0.3) is 5.91 Å². The number of carbonyl (C=O) groups excluding carboxylic acids is 2. The number of urea groups is 1. The Hall–Kier alpha value is -1.14. The zero-order valence-corrected chi connectivity index (χ0v) is 11.6. The topological polar surface area (TPSA) is 84.7 Å². The number of ether oxygens (including phenoxy) is 1. The van der Waals surface area contributed by atoms with Gasteiger partial charge in [-0.25, -0.2) is 4.79 Å². The number of nitrogens with zero attached hydrogens (tertiary/aromatic N) is 1. The van der Waals surface area contributed by atoms with E-state index in [0.29, 0.717) is 19.8 Å². The lowest BCUT2D eigenvalue weighted by atomic mass is 9.75. The number of hydrogen-bond donors (Lipinski definition) is 2. The van der Waals surface area contributed by atoms with Crippen LogP contribution in [0.3, 0.4) is 0 Å². The molecule has 1 fully saturated rings. The maximum atomic E-state index is 12.3. The molecule has 18 heavy (non-hydrogen) atoms. The lowest BCUT2D eigenvalue weighted by Crippen LogP contribution is -2.54. The van der Waals surface area contributed by atoms with Crippen molar-refractivity contribution < 1.29 is 14.3 Å². The fourth-order valence-corrected chi connectivity index (χ4v) is 1.75. The van der Waals surface area contributed by atoms with E-state index in [4.69, 9.17) is 10.5 Å². The molecule has 3 amide bonds. The van der Waals surface area contributed by atoms with Gasteiger partial charge in [-0.1, -0.05) is 20.8 Å². The van der Waals surface area contributed by atoms with E-state index in [1.165, 1.54) is 4.90 Å². The maximum Gasteiger partial charge on any atom is 0.325 e. The molecular formula is C12H23N3O3. The SMILES string of the molecule is CC(C)(C)C1(C)NC(=O)N(CCOCCN)C1=O. The predicted molar refractivity (Wildman–Crippen MR) is 68.0 cm³/mol. The molecule has 0 aromatic carbocycles. The summed E-state index contributed by atoms with van der Waals surface area (Å²) >= 11 is 0. The van der Waals surface area contributed by atoms with E-state index in [9.17, 15) is 9.59 Å². The summed E-state index contributed by atoms with van der Waals surface area (Å²) in [6.45, 7) is 8.99. The Morgan fingerprint density at radius 2 is 1.94 bits per heavy atom. The average Bonchev–Trinajstić information content (AvgIpc) is 2.47. The average molecular weight is 257 g/mol. The second kappa shape index (κ2) is 5.24. The second-order valence-electron chi connectivity index (χ2n) is 5.66. The Morgan fingerprint density at radius 3 is 2.39 bits per heavy atom. The highest BCUT2D eigenvalue weighted by molar-refractivity contribution is 6.07. The highest BCUT2D eigenvalue weighted by atomic mass is 16.5. The summed E-state index contributed by atoms with van der Waals surface area (Å²) in [4.78, 5) is 25.3. The van der Waals surface area contributed by atoms with Crippen LogP contribution in [-0.4, -0.2) is 48.7 Å². The molecule has 1 aliphatic heterocycles. The lowest BCUT2D eigenvalue weighted by molar-refractivity contribution is -0.134. The van der Waals surface area contributed by atoms with Crippen LogP contribution < -0.4 is 11.1 Å². The Bertz CT molecular complexity index is 338. The van der Waals surface area contributed by atoms with Crippen molar-refractivity contribution in [2.24, 2.45) is 11.1 Å². The number of hydrogen-bond acceptors (Lipinski definition) is 4. The van der Waals surface area contributed by atoms with Crippen LogP contribution >= 0.6 is 0 Å². The van der Waals surface area contributed by atoms with E-state index < -0.39 is 5.54 Å². The molecule has 0 aromatic heterocycles. The van der Waals surface area contributed by atoms with Gasteiger partial charge in [0.1, 0.15) is 5.54 Å². The summed E-state index contributed by atoms with van der Waals surface area (Å²) in [7, 11) is 0. The molecule has 0 aliphatic carbocycles. The molecule has 0 bridgehead atoms. The van der Waals surface area contributed by atoms with Crippen LogP contribution in [0.25, 0.3) is 0 Å². The van der Waals surface area contributed by atoms with Crippen molar-refractivity contribution in [3.8, 4) is 0 Å². The maximum absolute atomic E-state index is 12.3. The Balaban J connectivity index is 2.68. The smallest absolute Gasteiger partial charge is 0.325 e. The quantitative estimate of drug-likeness (QED) is 0.548. The molecule has 1 aliphatic rings. The predicted octanol–water partition coefficient (Wildman–Crippen LogP) is 0.318. The van der Waals surface area contributed by atoms with Gasteiger partial charge in [0.2, 0.25) is 0 Å². The number of carbonyl (C=O) groups is 2. The highest BCUT2D eigenvalue weighted by Gasteiger charge is 2.54. The van der Waals surface area contributed by atoms with Gasteiger partial charge in [-0.3, -0.25) is 9.69 Å². The van der Waals surface area contributed by atoms with Crippen molar-refractivity contribution in [3.05, 3.63) is 0 Å². The van der Waals surface area contributed by atoms with Gasteiger partial charge in [0.05, 0.1) is 19.8 Å². The first kappa shape index (κ1) is 14.9. The van der Waals surface area contributed by atoms with Crippen LogP contribution in [0.2, 0.25) is 0 Å². The molecule has 1 heterocycles. The summed E-state index contributed by atoms with van der Waals surface area (Å²) in [6.07, 6.45) is 0. The van der Waals surface area contributed by atoms with Gasteiger partial charge in [0, 0.05) is 6.54 Å². The van der Waals surface area contributed by atoms with E-state index in [1.54, 1.807) is 6.92 Å². The minimum Gasteiger partial charge on any atom is -0.378 e. The van der Waals surface area contributed by atoms with Gasteiger partial charge >= 0.3 is 6.03 Å². The van der Waals surface area contributed by atoms with Crippen LogP contribution in [0.5, 0.6) is 0 Å². The molecule has 1 unspecified atom stereocenters. The number of nitrogens with one attached hydrogen (secondary N) is 1. The lowest BCUT2D eigenvalue weighted by Gasteiger charge is -2.35. The van der Waals surface area contributed by atoms with Crippen LogP contribution in [-0.2, 0) is 9.53 Å². The van der Waals surface area contributed by atoms with Gasteiger partial charge in [-0.05, 0) is 12.3 Å². The molecule has 6 nitrogen and oxygen atoms in total. The molecule has 1 saturated heterocycles. The minimum atomic E-state index is -0.863. The third-order valence-corrected chi connectivity index (χ3v) is 3.50. The molecule has 104 valence electrons. The molecule has 0 radical (unpaired) electrons. The fourth-order valence-electron chi connectivity index (χ4n) is 1.75. The summed E-state index contributed by atoms with van der Waals surface area (Å²) in [5.41, 5.74) is 4.09. The van der Waals surface area contributed by atoms with Gasteiger partial charge in [-0.15, -0.1) is 0 Å². The van der Waals surface area contributed by atoms with Gasteiger partial charge in [0.15, 0.2) is 0 Å². The monoisotopic (exact) mass is 257 g/mol. The molecule has 0 saturated carbocycles. The zero-order chi connectivity index (χ0) is 14.0. The first-order valence-corrected chi connectivity index (χ1v) is 6.16. The molecule has 1 atom stereocenters. The fraction of sp³-hybridized carbons (Fsp3) is 0.833. The zero-order valence-electron chi connectivity index (χ0n) is 11.6. The van der Waals surface area contributed by atoms with Crippen LogP contribution in [0.1, 0.15) is 27.7 Å². The number of imide groups is 1. The van der Waals surface area contributed by atoms with Crippen LogP contribution in [0, 0.1) is 5.41 Å². The molecule has 0 aromatic rings. The van der Waals surface area contributed by atoms with Crippen molar-refractivity contribution >= 4 is 11.9 Å². The normalized spacial score (nSPS) is 24.6. The van der Waals surface area contributed by atoms with Crippen molar-refractivity contribution in [2.45, 2.75) is 33.2 Å². The van der Waals surface area contributed by atoms with E-state index in [1.807, 2.05) is 20.8 Å². The summed E-state index contributed by atoms with van der Waals surface area (Å²) in [5.74, 6) is -0.198. The van der Waals surface area contributed by atoms with Crippen LogP contribution in [0.15, 0.2) is 0 Å². The van der Waals surface area contributed by atoms with E-state index >= 15 is 0 Å². The van der Waals surface area contributed by atoms with Crippen molar-refractivity contribution in [1.29, 1.82) is 0 Å². The van der Waals surface area contributed by atoms with Gasteiger partial charge < -0.3 is 15.8 Å². The number of amides is 3. The number of rotatable bonds is 5. The first-order valence-electron chi connectivity index (χ1n) is 6.16. The Labute approximate surface area is 108 Å². The molecule has 3 N–H and O–H groups in total. The van der Waals surface area contributed by atoms with E-state index in [-0.39, 0.29) is 23.9 Å². The summed E-state index contributed by atoms with van der Waals surface area (Å²) < 4.78 is 5.20. The Morgan fingerprint density at radius 1 is 1.33 bits per heavy atom. The van der Waals surface area contributed by atoms with Gasteiger partial charge in [-0.2, -0.15) is 0 Å². The third-order valence-electron chi connectivity index (χ3n) is 3.50. The molecule has 1 rings (SSSR count). The molecular weight excluding hydrogens is 234 g/mol. The largest absolute Gasteiger partial charge is 0.378 e. The Kier molecular flexibility index (Phi) is 4.34. The van der Waals surface area contributed by atoms with E-state index in [2.05, 4.69) is 5.32 Å². The van der Waals surface area contributed by atoms with Crippen molar-refractivity contribution in [3.63, 3.8) is 0 Å². The van der Waals surface area contributed by atoms with Crippen LogP contribution in [0.4, 0.5) is 4.79 Å². The summed E-state index contributed by atoms with van der Waals surface area (Å²) in [5, 5.41) is 2.77. The minimum absolute atomic E-state index is 0.198. The molecule has 0 spiro atoms. The first-order chi connectivity index (χ1) is 8.24. The molecule has 6 heteroatoms. The van der Waals surface area contributed by atoms with Crippen molar-refractivity contribution in [1.82, 2.24) is 10.2 Å². The highest BCUT2D eigenvalue weighted by Crippen LogP contribution is 2.35. The number of nitrogens with two attached hydrogens (primary N) is 1.